The van der Waals surface area contributed by atoms with Gasteiger partial charge in [-0.1, -0.05) is 12.1 Å². The summed E-state index contributed by atoms with van der Waals surface area (Å²) in [5, 5.41) is 5.87. The Labute approximate surface area is 177 Å². The van der Waals surface area contributed by atoms with E-state index in [1.165, 1.54) is 21.9 Å². The first-order valence-corrected chi connectivity index (χ1v) is 10.4. The van der Waals surface area contributed by atoms with Crippen molar-refractivity contribution in [2.24, 2.45) is 0 Å². The van der Waals surface area contributed by atoms with Crippen LogP contribution in [0.1, 0.15) is 18.1 Å². The molecule has 0 saturated carbocycles. The highest BCUT2D eigenvalue weighted by Crippen LogP contribution is 2.17. The summed E-state index contributed by atoms with van der Waals surface area (Å²) in [6.07, 6.45) is 0. The molecular formula is C23H31FN4O2+2. The maximum atomic E-state index is 13.0. The Hall–Kier alpha value is -2.77. The van der Waals surface area contributed by atoms with E-state index in [0.29, 0.717) is 12.2 Å². The Morgan fingerprint density at radius 2 is 1.67 bits per heavy atom. The summed E-state index contributed by atoms with van der Waals surface area (Å²) < 4.78 is 13.0. The van der Waals surface area contributed by atoms with E-state index < -0.39 is 0 Å². The minimum Gasteiger partial charge on any atom is -0.321 e. The van der Waals surface area contributed by atoms with E-state index in [1.54, 1.807) is 12.1 Å². The fourth-order valence-corrected chi connectivity index (χ4v) is 3.81. The number of benzene rings is 2. The van der Waals surface area contributed by atoms with Crippen LogP contribution in [0.3, 0.4) is 0 Å². The van der Waals surface area contributed by atoms with Gasteiger partial charge in [0.05, 0.1) is 0 Å². The van der Waals surface area contributed by atoms with Crippen LogP contribution in [0.15, 0.2) is 42.5 Å². The van der Waals surface area contributed by atoms with Gasteiger partial charge in [-0.25, -0.2) is 4.39 Å². The minimum atomic E-state index is -0.327. The highest BCUT2D eigenvalue weighted by molar-refractivity contribution is 5.93. The number of carbonyl (C=O) groups excluding carboxylic acids is 2. The second-order valence-electron chi connectivity index (χ2n) is 8.10. The predicted molar refractivity (Wildman–Crippen MR) is 115 cm³/mol. The van der Waals surface area contributed by atoms with Crippen molar-refractivity contribution in [1.29, 1.82) is 0 Å². The van der Waals surface area contributed by atoms with E-state index in [1.807, 2.05) is 39.0 Å². The van der Waals surface area contributed by atoms with Crippen molar-refractivity contribution in [1.82, 2.24) is 0 Å². The second kappa shape index (κ2) is 9.82. The van der Waals surface area contributed by atoms with Crippen LogP contribution in [0.2, 0.25) is 0 Å². The van der Waals surface area contributed by atoms with Crippen molar-refractivity contribution in [3.8, 4) is 0 Å². The summed E-state index contributed by atoms with van der Waals surface area (Å²) >= 11 is 0. The number of hydrogen-bond donors (Lipinski definition) is 4. The molecule has 1 atom stereocenters. The molecule has 30 heavy (non-hydrogen) atoms. The Morgan fingerprint density at radius 1 is 1.00 bits per heavy atom. The fraction of sp³-hybridized carbons (Fsp3) is 0.391. The zero-order valence-electron chi connectivity index (χ0n) is 17.8. The summed E-state index contributed by atoms with van der Waals surface area (Å²) in [5.74, 6) is -0.385. The maximum Gasteiger partial charge on any atom is 0.282 e. The normalized spacial score (nSPS) is 19.7. The summed E-state index contributed by atoms with van der Waals surface area (Å²) in [7, 11) is 0. The van der Waals surface area contributed by atoms with Gasteiger partial charge < -0.3 is 20.4 Å². The SMILES string of the molecule is Cc1cccc(NC(=O)C[NH+]2CC[NH+]([C@H](C)C(=O)Nc3ccc(F)cc3)CC2)c1C. The van der Waals surface area contributed by atoms with E-state index >= 15 is 0 Å². The molecule has 7 heteroatoms. The fourth-order valence-electron chi connectivity index (χ4n) is 3.81. The van der Waals surface area contributed by atoms with Crippen LogP contribution >= 0.6 is 0 Å². The topological polar surface area (TPSA) is 67.1 Å². The number of quaternary nitrogens is 2. The van der Waals surface area contributed by atoms with Gasteiger partial charge in [0.15, 0.2) is 12.6 Å². The third-order valence-corrected chi connectivity index (χ3v) is 6.01. The van der Waals surface area contributed by atoms with Crippen LogP contribution in [0, 0.1) is 19.7 Å². The first kappa shape index (κ1) is 21.9. The van der Waals surface area contributed by atoms with Gasteiger partial charge in [0.2, 0.25) is 0 Å². The van der Waals surface area contributed by atoms with Gasteiger partial charge in [0, 0.05) is 11.4 Å². The second-order valence-corrected chi connectivity index (χ2v) is 8.10. The van der Waals surface area contributed by atoms with E-state index in [-0.39, 0.29) is 23.7 Å². The van der Waals surface area contributed by atoms with E-state index in [4.69, 9.17) is 0 Å². The first-order valence-electron chi connectivity index (χ1n) is 10.4. The largest absolute Gasteiger partial charge is 0.321 e. The number of hydrogen-bond acceptors (Lipinski definition) is 2. The third kappa shape index (κ3) is 5.64. The monoisotopic (exact) mass is 414 g/mol. The van der Waals surface area contributed by atoms with Crippen LogP contribution in [0.5, 0.6) is 0 Å². The zero-order valence-corrected chi connectivity index (χ0v) is 17.8. The van der Waals surface area contributed by atoms with Crippen molar-refractivity contribution in [2.45, 2.75) is 26.8 Å². The average Bonchev–Trinajstić information content (AvgIpc) is 2.73. The Morgan fingerprint density at radius 3 is 2.33 bits per heavy atom. The molecule has 0 bridgehead atoms. The predicted octanol–water partition coefficient (Wildman–Crippen LogP) is 0.192. The molecule has 1 saturated heterocycles. The van der Waals surface area contributed by atoms with Crippen LogP contribution in [-0.2, 0) is 9.59 Å². The van der Waals surface area contributed by atoms with E-state index in [0.717, 1.165) is 43.0 Å². The minimum absolute atomic E-state index is 0.0178. The molecule has 1 aliphatic rings. The number of piperazine rings is 1. The van der Waals surface area contributed by atoms with Crippen molar-refractivity contribution in [3.63, 3.8) is 0 Å². The molecule has 1 heterocycles. The Kier molecular flexibility index (Phi) is 7.18. The summed E-state index contributed by atoms with van der Waals surface area (Å²) in [6.45, 7) is 9.70. The lowest BCUT2D eigenvalue weighted by Crippen LogP contribution is -3.30. The first-order chi connectivity index (χ1) is 14.3. The molecule has 6 nitrogen and oxygen atoms in total. The molecular weight excluding hydrogens is 383 g/mol. The number of rotatable bonds is 6. The number of aryl methyl sites for hydroxylation is 1. The molecule has 160 valence electrons. The molecule has 2 aromatic rings. The van der Waals surface area contributed by atoms with Gasteiger partial charge >= 0.3 is 0 Å². The van der Waals surface area contributed by atoms with Crippen LogP contribution in [0.25, 0.3) is 0 Å². The molecule has 0 aliphatic carbocycles. The Balaban J connectivity index is 1.45. The number of halogens is 1. The van der Waals surface area contributed by atoms with Gasteiger partial charge in [-0.3, -0.25) is 9.59 Å². The van der Waals surface area contributed by atoms with Gasteiger partial charge in [-0.2, -0.15) is 0 Å². The molecule has 3 rings (SSSR count). The number of carbonyl (C=O) groups is 2. The van der Waals surface area contributed by atoms with E-state index in [9.17, 15) is 14.0 Å². The van der Waals surface area contributed by atoms with Gasteiger partial charge in [0.25, 0.3) is 11.8 Å². The molecule has 4 N–H and O–H groups in total. The molecule has 0 spiro atoms. The van der Waals surface area contributed by atoms with Gasteiger partial charge in [0.1, 0.15) is 32.0 Å². The molecule has 1 aliphatic heterocycles. The van der Waals surface area contributed by atoms with Crippen molar-refractivity contribution in [2.75, 3.05) is 43.4 Å². The van der Waals surface area contributed by atoms with Crippen molar-refractivity contribution >= 4 is 23.2 Å². The summed E-state index contributed by atoms with van der Waals surface area (Å²) in [6, 6.07) is 11.5. The maximum absolute atomic E-state index is 13.0. The number of amides is 2. The molecule has 0 unspecified atom stereocenters. The number of nitrogens with one attached hydrogen (secondary N) is 4. The lowest BCUT2D eigenvalue weighted by molar-refractivity contribution is -1.01. The summed E-state index contributed by atoms with van der Waals surface area (Å²) in [4.78, 5) is 27.4. The Bertz CT molecular complexity index is 893. The molecule has 1 fully saturated rings. The average molecular weight is 415 g/mol. The summed E-state index contributed by atoms with van der Waals surface area (Å²) in [5.41, 5.74) is 3.72. The molecule has 2 aromatic carbocycles. The molecule has 0 radical (unpaired) electrons. The number of anilines is 2. The van der Waals surface area contributed by atoms with Gasteiger partial charge in [-0.05, 0) is 62.2 Å². The van der Waals surface area contributed by atoms with Crippen LogP contribution < -0.4 is 20.4 Å². The highest BCUT2D eigenvalue weighted by atomic mass is 19.1. The highest BCUT2D eigenvalue weighted by Gasteiger charge is 2.31. The van der Waals surface area contributed by atoms with Crippen molar-refractivity contribution < 1.29 is 23.8 Å². The van der Waals surface area contributed by atoms with Crippen molar-refractivity contribution in [3.05, 3.63) is 59.4 Å². The van der Waals surface area contributed by atoms with Crippen LogP contribution in [0.4, 0.5) is 15.8 Å². The lowest BCUT2D eigenvalue weighted by Gasteiger charge is -2.32. The quantitative estimate of drug-likeness (QED) is 0.545. The van der Waals surface area contributed by atoms with Crippen LogP contribution in [-0.4, -0.2) is 50.6 Å². The smallest absolute Gasteiger partial charge is 0.282 e. The van der Waals surface area contributed by atoms with Gasteiger partial charge in [-0.15, -0.1) is 0 Å². The third-order valence-electron chi connectivity index (χ3n) is 6.01. The molecule has 2 amide bonds. The molecule has 0 aromatic heterocycles. The lowest BCUT2D eigenvalue weighted by atomic mass is 10.1. The standard InChI is InChI=1S/C23H29FN4O2/c1-16-5-4-6-21(17(16)2)26-22(29)15-27-11-13-28(14-12-27)18(3)23(30)25-20-9-7-19(24)8-10-20/h4-10,18H,11-15H2,1-3H3,(H,25,30)(H,26,29)/p+2/t18-/m1/s1. The zero-order chi connectivity index (χ0) is 21.7. The van der Waals surface area contributed by atoms with E-state index in [2.05, 4.69) is 10.6 Å².